The molecule has 0 spiro atoms. The summed E-state index contributed by atoms with van der Waals surface area (Å²) in [6.07, 6.45) is 4.92. The van der Waals surface area contributed by atoms with Gasteiger partial charge in [0.1, 0.15) is 5.82 Å². The lowest BCUT2D eigenvalue weighted by molar-refractivity contribution is 0.0714. The molecule has 1 fully saturated rings. The van der Waals surface area contributed by atoms with Crippen molar-refractivity contribution in [3.8, 4) is 0 Å². The lowest BCUT2D eigenvalue weighted by Crippen LogP contribution is -2.48. The van der Waals surface area contributed by atoms with E-state index in [4.69, 9.17) is 0 Å². The van der Waals surface area contributed by atoms with Crippen LogP contribution in [0.15, 0.2) is 42.7 Å². The zero-order valence-corrected chi connectivity index (χ0v) is 14.9. The quantitative estimate of drug-likeness (QED) is 0.873. The summed E-state index contributed by atoms with van der Waals surface area (Å²) >= 11 is 0. The third-order valence-corrected chi connectivity index (χ3v) is 4.92. The van der Waals surface area contributed by atoms with Crippen LogP contribution >= 0.6 is 0 Å². The number of hydrogen-bond donors (Lipinski definition) is 2. The first-order valence-corrected chi connectivity index (χ1v) is 8.74. The molecule has 6 nitrogen and oxygen atoms in total. The summed E-state index contributed by atoms with van der Waals surface area (Å²) in [4.78, 5) is 22.9. The molecule has 3 atom stereocenters. The second-order valence-corrected chi connectivity index (χ2v) is 6.49. The molecule has 6 heteroatoms. The molecule has 0 saturated carbocycles. The van der Waals surface area contributed by atoms with Gasteiger partial charge in [0.05, 0.1) is 5.56 Å². The van der Waals surface area contributed by atoms with E-state index < -0.39 is 0 Å². The topological polar surface area (TPSA) is 70.2 Å². The zero-order valence-electron chi connectivity index (χ0n) is 14.9. The number of benzene rings is 1. The molecular weight excluding hydrogens is 314 g/mol. The molecule has 0 aliphatic carbocycles. The first-order valence-electron chi connectivity index (χ1n) is 8.74. The Bertz CT molecular complexity index is 704. The maximum atomic E-state index is 12.7. The van der Waals surface area contributed by atoms with Crippen molar-refractivity contribution in [2.45, 2.75) is 44.8 Å². The van der Waals surface area contributed by atoms with Crippen molar-refractivity contribution in [1.29, 1.82) is 0 Å². The molecule has 1 aliphatic rings. The van der Waals surface area contributed by atoms with Crippen LogP contribution in [0, 0.1) is 0 Å². The molecule has 2 N–H and O–H groups in total. The average Bonchev–Trinajstić information content (AvgIpc) is 3.17. The van der Waals surface area contributed by atoms with Gasteiger partial charge >= 0.3 is 0 Å². The molecule has 1 aromatic carbocycles. The van der Waals surface area contributed by atoms with Gasteiger partial charge in [-0.15, -0.1) is 0 Å². The van der Waals surface area contributed by atoms with Gasteiger partial charge in [-0.1, -0.05) is 37.3 Å². The Morgan fingerprint density at radius 1 is 1.24 bits per heavy atom. The Kier molecular flexibility index (Phi) is 5.40. The first-order chi connectivity index (χ1) is 12.1. The largest absolute Gasteiger partial charge is 0.337 e. The minimum Gasteiger partial charge on any atom is -0.337 e. The van der Waals surface area contributed by atoms with Crippen LogP contribution in [-0.4, -0.2) is 39.9 Å². The summed E-state index contributed by atoms with van der Waals surface area (Å²) in [5, 5.41) is 0. The Morgan fingerprint density at radius 3 is 2.56 bits per heavy atom. The summed E-state index contributed by atoms with van der Waals surface area (Å²) in [5.74, 6) is 0.694. The second-order valence-electron chi connectivity index (χ2n) is 6.49. The maximum Gasteiger partial charge on any atom is 0.257 e. The predicted molar refractivity (Wildman–Crippen MR) is 96.8 cm³/mol. The van der Waals surface area contributed by atoms with E-state index in [1.165, 1.54) is 5.56 Å². The molecule has 132 valence electrons. The molecule has 0 radical (unpaired) electrons. The van der Waals surface area contributed by atoms with Crippen LogP contribution < -0.4 is 10.9 Å². The zero-order chi connectivity index (χ0) is 17.8. The summed E-state index contributed by atoms with van der Waals surface area (Å²) < 4.78 is 0. The van der Waals surface area contributed by atoms with Crippen LogP contribution in [0.5, 0.6) is 0 Å². The van der Waals surface area contributed by atoms with Crippen LogP contribution in [0.3, 0.4) is 0 Å². The van der Waals surface area contributed by atoms with Crippen LogP contribution in [0.4, 0.5) is 0 Å². The van der Waals surface area contributed by atoms with Crippen LogP contribution in [0.2, 0.25) is 0 Å². The lowest BCUT2D eigenvalue weighted by atomic mass is 9.98. The number of hydrazine groups is 1. The highest BCUT2D eigenvalue weighted by Gasteiger charge is 2.32. The number of amides is 1. The number of aromatic nitrogens is 2. The highest BCUT2D eigenvalue weighted by atomic mass is 16.2. The van der Waals surface area contributed by atoms with Crippen molar-refractivity contribution in [2.24, 2.45) is 0 Å². The molecule has 25 heavy (non-hydrogen) atoms. The third kappa shape index (κ3) is 3.86. The Hall–Kier alpha value is -2.31. The second kappa shape index (κ2) is 7.72. The smallest absolute Gasteiger partial charge is 0.257 e. The van der Waals surface area contributed by atoms with Crippen molar-refractivity contribution in [2.75, 3.05) is 7.05 Å². The monoisotopic (exact) mass is 339 g/mol. The number of hydrogen-bond acceptors (Lipinski definition) is 5. The summed E-state index contributed by atoms with van der Waals surface area (Å²) in [6.45, 7) is 4.05. The minimum atomic E-state index is -0.0554. The van der Waals surface area contributed by atoms with Gasteiger partial charge in [-0.2, -0.15) is 0 Å². The van der Waals surface area contributed by atoms with Gasteiger partial charge in [-0.3, -0.25) is 10.2 Å². The first kappa shape index (κ1) is 17.5. The van der Waals surface area contributed by atoms with Crippen molar-refractivity contribution >= 4 is 5.91 Å². The Labute approximate surface area is 148 Å². The van der Waals surface area contributed by atoms with Crippen LogP contribution in [-0.2, 0) is 6.42 Å². The third-order valence-electron chi connectivity index (χ3n) is 4.92. The number of nitrogens with zero attached hydrogens (tertiary/aromatic N) is 3. The highest BCUT2D eigenvalue weighted by Crippen LogP contribution is 2.25. The molecule has 1 aliphatic heterocycles. The van der Waals surface area contributed by atoms with Crippen molar-refractivity contribution in [1.82, 2.24) is 25.7 Å². The van der Waals surface area contributed by atoms with Gasteiger partial charge in [0, 0.05) is 44.0 Å². The predicted octanol–water partition coefficient (Wildman–Crippen LogP) is 2.11. The van der Waals surface area contributed by atoms with Gasteiger partial charge in [0.25, 0.3) is 5.91 Å². The van der Waals surface area contributed by atoms with E-state index in [-0.39, 0.29) is 24.0 Å². The summed E-state index contributed by atoms with van der Waals surface area (Å²) in [6, 6.07) is 10.8. The van der Waals surface area contributed by atoms with Gasteiger partial charge in [0.2, 0.25) is 0 Å². The van der Waals surface area contributed by atoms with Crippen LogP contribution in [0.1, 0.15) is 48.1 Å². The van der Waals surface area contributed by atoms with Crippen molar-refractivity contribution in [3.05, 3.63) is 59.7 Å². The SMILES string of the molecule is CCc1ncc(C(=O)N(C)C(C)C2CC(c3ccccc3)NN2)cn1. The van der Waals surface area contributed by atoms with Crippen LogP contribution in [0.25, 0.3) is 0 Å². The summed E-state index contributed by atoms with van der Waals surface area (Å²) in [5.41, 5.74) is 8.45. The highest BCUT2D eigenvalue weighted by molar-refractivity contribution is 5.93. The van der Waals surface area contributed by atoms with Gasteiger partial charge in [-0.25, -0.2) is 15.4 Å². The number of nitrogens with one attached hydrogen (secondary N) is 2. The summed E-state index contributed by atoms with van der Waals surface area (Å²) in [7, 11) is 1.83. The van der Waals surface area contributed by atoms with E-state index in [9.17, 15) is 4.79 Å². The van der Waals surface area contributed by atoms with E-state index in [1.54, 1.807) is 17.3 Å². The normalized spacial score (nSPS) is 21.1. The lowest BCUT2D eigenvalue weighted by Gasteiger charge is -2.29. The van der Waals surface area contributed by atoms with Gasteiger partial charge in [-0.05, 0) is 18.9 Å². The number of aryl methyl sites for hydroxylation is 1. The van der Waals surface area contributed by atoms with E-state index in [1.807, 2.05) is 32.2 Å². The van der Waals surface area contributed by atoms with E-state index in [0.717, 1.165) is 18.7 Å². The molecule has 2 aromatic rings. The molecule has 1 aromatic heterocycles. The van der Waals surface area contributed by atoms with Gasteiger partial charge in [0.15, 0.2) is 0 Å². The molecular formula is C19H25N5O. The molecule has 3 rings (SSSR count). The van der Waals surface area contributed by atoms with Crippen molar-refractivity contribution in [3.63, 3.8) is 0 Å². The fourth-order valence-corrected chi connectivity index (χ4v) is 3.11. The Balaban J connectivity index is 1.64. The standard InChI is InChI=1S/C19H25N5O/c1-4-18-20-11-15(12-21-18)19(25)24(3)13(2)16-10-17(23-22-16)14-8-6-5-7-9-14/h5-9,11-13,16-17,22-23H,4,10H2,1-3H3. The number of carbonyl (C=O) groups is 1. The number of rotatable bonds is 5. The van der Waals surface area contributed by atoms with E-state index in [2.05, 4.69) is 39.9 Å². The minimum absolute atomic E-state index is 0.0413. The molecule has 1 amide bonds. The maximum absolute atomic E-state index is 12.7. The molecule has 3 unspecified atom stereocenters. The molecule has 1 saturated heterocycles. The van der Waals surface area contributed by atoms with E-state index >= 15 is 0 Å². The number of carbonyl (C=O) groups excluding carboxylic acids is 1. The molecule has 0 bridgehead atoms. The molecule has 2 heterocycles. The fraction of sp³-hybridized carbons (Fsp3) is 0.421. The van der Waals surface area contributed by atoms with E-state index in [0.29, 0.717) is 5.56 Å². The number of likely N-dealkylation sites (N-methyl/N-ethyl adjacent to an activating group) is 1. The average molecular weight is 339 g/mol. The van der Waals surface area contributed by atoms with Gasteiger partial charge < -0.3 is 4.90 Å². The van der Waals surface area contributed by atoms with Crippen molar-refractivity contribution < 1.29 is 4.79 Å². The fourth-order valence-electron chi connectivity index (χ4n) is 3.11. The Morgan fingerprint density at radius 2 is 1.92 bits per heavy atom.